The van der Waals surface area contributed by atoms with Crippen LogP contribution in [-0.4, -0.2) is 72.5 Å². The van der Waals surface area contributed by atoms with Crippen molar-refractivity contribution in [3.05, 3.63) is 53.9 Å². The third-order valence-corrected chi connectivity index (χ3v) is 7.83. The third kappa shape index (κ3) is 6.67. The van der Waals surface area contributed by atoms with Gasteiger partial charge in [-0.15, -0.1) is 0 Å². The fourth-order valence-electron chi connectivity index (χ4n) is 5.16. The van der Waals surface area contributed by atoms with E-state index in [1.165, 1.54) is 19.3 Å². The van der Waals surface area contributed by atoms with Crippen molar-refractivity contribution in [2.24, 2.45) is 0 Å². The lowest BCUT2D eigenvalue weighted by Crippen LogP contribution is -2.51. The van der Waals surface area contributed by atoms with Crippen LogP contribution in [0.3, 0.4) is 0 Å². The van der Waals surface area contributed by atoms with E-state index in [4.69, 9.17) is 27.0 Å². The maximum atomic E-state index is 8.97. The van der Waals surface area contributed by atoms with Crippen LogP contribution in [0, 0.1) is 11.3 Å². The van der Waals surface area contributed by atoms with Crippen molar-refractivity contribution in [3.63, 3.8) is 0 Å². The first-order valence-corrected chi connectivity index (χ1v) is 14.0. The zero-order valence-electron chi connectivity index (χ0n) is 22.4. The number of nitrogens with one attached hydrogen (secondary N) is 2. The van der Waals surface area contributed by atoms with Gasteiger partial charge in [0.15, 0.2) is 16.6 Å². The Kier molecular flexibility index (Phi) is 8.91. The highest BCUT2D eigenvalue weighted by Crippen LogP contribution is 2.35. The van der Waals surface area contributed by atoms with Crippen molar-refractivity contribution in [2.45, 2.75) is 38.3 Å². The molecular formula is C29H35N7O2S. The second-order valence-corrected chi connectivity index (χ2v) is 10.3. The molecule has 5 rings (SSSR count). The molecule has 10 heteroatoms. The number of fused-ring (bicyclic) bond motifs is 1. The van der Waals surface area contributed by atoms with Gasteiger partial charge in [0.2, 0.25) is 0 Å². The number of thiocarbonyl (C=S) groups is 1. The van der Waals surface area contributed by atoms with Gasteiger partial charge in [-0.25, -0.2) is 9.97 Å². The molecule has 204 valence electrons. The molecule has 1 unspecified atom stereocenters. The average molecular weight is 546 g/mol. The van der Waals surface area contributed by atoms with Crippen molar-refractivity contribution >= 4 is 34.1 Å². The topological polar surface area (TPSA) is 98.6 Å². The predicted octanol–water partition coefficient (Wildman–Crippen LogP) is 3.62. The molecule has 3 heterocycles. The minimum absolute atomic E-state index is 0.525. The molecule has 3 aromatic rings. The number of benzene rings is 2. The van der Waals surface area contributed by atoms with E-state index in [9.17, 15) is 0 Å². The molecule has 2 N–H and O–H groups in total. The van der Waals surface area contributed by atoms with Gasteiger partial charge in [-0.1, -0.05) is 18.6 Å². The Labute approximate surface area is 235 Å². The highest BCUT2D eigenvalue weighted by atomic mass is 32.1. The molecule has 2 saturated heterocycles. The van der Waals surface area contributed by atoms with Crippen LogP contribution in [0.25, 0.3) is 10.9 Å². The summed E-state index contributed by atoms with van der Waals surface area (Å²) < 4.78 is 11.8. The van der Waals surface area contributed by atoms with E-state index in [2.05, 4.69) is 36.5 Å². The number of ether oxygens (including phenoxy) is 2. The first-order chi connectivity index (χ1) is 19.1. The molecule has 2 aliphatic heterocycles. The number of piperidine rings is 1. The van der Waals surface area contributed by atoms with Crippen LogP contribution in [0.15, 0.2) is 42.7 Å². The van der Waals surface area contributed by atoms with E-state index in [1.807, 2.05) is 36.4 Å². The van der Waals surface area contributed by atoms with Crippen LogP contribution >= 0.6 is 12.2 Å². The second-order valence-electron chi connectivity index (χ2n) is 9.94. The smallest absolute Gasteiger partial charge is 0.169 e. The zero-order valence-corrected chi connectivity index (χ0v) is 23.2. The summed E-state index contributed by atoms with van der Waals surface area (Å²) in [4.78, 5) is 13.6. The fraction of sp³-hybridized carbons (Fsp3) is 0.448. The van der Waals surface area contributed by atoms with Crippen LogP contribution in [0.5, 0.6) is 11.5 Å². The Balaban J connectivity index is 1.19. The summed E-state index contributed by atoms with van der Waals surface area (Å²) in [6.45, 7) is 5.52. The van der Waals surface area contributed by atoms with Crippen molar-refractivity contribution < 1.29 is 9.47 Å². The number of nitrogens with zero attached hydrogens (tertiary/aromatic N) is 5. The Hall–Kier alpha value is -3.68. The first-order valence-electron chi connectivity index (χ1n) is 13.6. The van der Waals surface area contributed by atoms with Crippen molar-refractivity contribution in [2.75, 3.05) is 51.3 Å². The van der Waals surface area contributed by atoms with Gasteiger partial charge < -0.3 is 29.9 Å². The molecule has 0 amide bonds. The van der Waals surface area contributed by atoms with E-state index in [0.29, 0.717) is 36.3 Å². The summed E-state index contributed by atoms with van der Waals surface area (Å²) in [6, 6.07) is 14.2. The molecule has 1 aromatic heterocycles. The van der Waals surface area contributed by atoms with Crippen LogP contribution in [0.1, 0.15) is 36.8 Å². The number of rotatable bonds is 8. The quantitative estimate of drug-likeness (QED) is 0.409. The minimum atomic E-state index is 0.525. The van der Waals surface area contributed by atoms with Gasteiger partial charge in [0, 0.05) is 50.2 Å². The van der Waals surface area contributed by atoms with E-state index >= 15 is 0 Å². The SMILES string of the molecule is COc1cc2c(N3CCN(C(=S)NCc4ccc(C#N)cc4)CC3)ncnc2cc1OCCC1CCCCN1. The van der Waals surface area contributed by atoms with Gasteiger partial charge in [-0.2, -0.15) is 5.26 Å². The summed E-state index contributed by atoms with van der Waals surface area (Å²) >= 11 is 5.66. The van der Waals surface area contributed by atoms with Crippen molar-refractivity contribution in [3.8, 4) is 17.6 Å². The summed E-state index contributed by atoms with van der Waals surface area (Å²) in [5.74, 6) is 2.31. The van der Waals surface area contributed by atoms with Crippen LogP contribution in [0.2, 0.25) is 0 Å². The van der Waals surface area contributed by atoms with Gasteiger partial charge in [0.1, 0.15) is 12.1 Å². The first kappa shape index (κ1) is 26.9. The molecule has 0 spiro atoms. The molecule has 9 nitrogen and oxygen atoms in total. The summed E-state index contributed by atoms with van der Waals surface area (Å²) in [5, 5.41) is 17.6. The zero-order chi connectivity index (χ0) is 27.0. The number of piperazine rings is 1. The second kappa shape index (κ2) is 12.9. The van der Waals surface area contributed by atoms with Gasteiger partial charge in [0.05, 0.1) is 30.9 Å². The number of aromatic nitrogens is 2. The fourth-order valence-corrected chi connectivity index (χ4v) is 5.42. The number of methoxy groups -OCH3 is 1. The normalized spacial score (nSPS) is 17.5. The van der Waals surface area contributed by atoms with Gasteiger partial charge >= 0.3 is 0 Å². The van der Waals surface area contributed by atoms with Crippen LogP contribution < -0.4 is 25.0 Å². The molecule has 2 aromatic carbocycles. The molecule has 2 fully saturated rings. The Morgan fingerprint density at radius 2 is 1.95 bits per heavy atom. The lowest BCUT2D eigenvalue weighted by atomic mass is 10.0. The van der Waals surface area contributed by atoms with Crippen molar-refractivity contribution in [1.29, 1.82) is 5.26 Å². The van der Waals surface area contributed by atoms with E-state index in [-0.39, 0.29) is 0 Å². The average Bonchev–Trinajstić information content (AvgIpc) is 3.00. The minimum Gasteiger partial charge on any atom is -0.493 e. The number of anilines is 1. The molecule has 1 atom stereocenters. The van der Waals surface area contributed by atoms with Crippen LogP contribution in [-0.2, 0) is 6.54 Å². The highest BCUT2D eigenvalue weighted by molar-refractivity contribution is 7.80. The van der Waals surface area contributed by atoms with E-state index < -0.39 is 0 Å². The Morgan fingerprint density at radius 1 is 1.13 bits per heavy atom. The van der Waals surface area contributed by atoms with Crippen molar-refractivity contribution in [1.82, 2.24) is 25.5 Å². The largest absolute Gasteiger partial charge is 0.493 e. The van der Waals surface area contributed by atoms with Gasteiger partial charge in [-0.05, 0) is 61.8 Å². The summed E-state index contributed by atoms with van der Waals surface area (Å²) in [7, 11) is 1.67. The highest BCUT2D eigenvalue weighted by Gasteiger charge is 2.23. The van der Waals surface area contributed by atoms with Gasteiger partial charge in [0.25, 0.3) is 0 Å². The molecule has 39 heavy (non-hydrogen) atoms. The lowest BCUT2D eigenvalue weighted by Gasteiger charge is -2.37. The number of nitriles is 1. The maximum Gasteiger partial charge on any atom is 0.169 e. The summed E-state index contributed by atoms with van der Waals surface area (Å²) in [5.41, 5.74) is 2.59. The Bertz CT molecular complexity index is 1310. The van der Waals surface area contributed by atoms with Crippen LogP contribution in [0.4, 0.5) is 5.82 Å². The number of hydrogen-bond acceptors (Lipinski definition) is 8. The molecular weight excluding hydrogens is 510 g/mol. The van der Waals surface area contributed by atoms with E-state index in [0.717, 1.165) is 66.5 Å². The molecule has 0 radical (unpaired) electrons. The third-order valence-electron chi connectivity index (χ3n) is 7.43. The molecule has 2 aliphatic rings. The molecule has 0 saturated carbocycles. The Morgan fingerprint density at radius 3 is 2.67 bits per heavy atom. The molecule has 0 aliphatic carbocycles. The number of hydrogen-bond donors (Lipinski definition) is 2. The lowest BCUT2D eigenvalue weighted by molar-refractivity contribution is 0.257. The maximum absolute atomic E-state index is 8.97. The standard InChI is InChI=1S/C29H35N7O2S/c1-37-26-16-24-25(17-27(26)38-15-9-23-4-2-3-10-31-23)33-20-34-28(24)35-11-13-36(14-12-35)29(39)32-19-22-7-5-21(18-30)6-8-22/h5-8,16-17,20,23,31H,2-4,9-15,19H2,1H3,(H,32,39). The summed E-state index contributed by atoms with van der Waals surface area (Å²) in [6.07, 6.45) is 6.35. The monoisotopic (exact) mass is 545 g/mol. The predicted molar refractivity (Wildman–Crippen MR) is 156 cm³/mol. The molecule has 0 bridgehead atoms. The van der Waals surface area contributed by atoms with E-state index in [1.54, 1.807) is 13.4 Å². The van der Waals surface area contributed by atoms with Gasteiger partial charge in [-0.3, -0.25) is 0 Å².